The van der Waals surface area contributed by atoms with Gasteiger partial charge in [0.25, 0.3) is 5.91 Å². The number of thioether (sulfide) groups is 1. The van der Waals surface area contributed by atoms with Crippen molar-refractivity contribution in [3.8, 4) is 0 Å². The van der Waals surface area contributed by atoms with Crippen molar-refractivity contribution < 1.29 is 9.18 Å². The van der Waals surface area contributed by atoms with Crippen molar-refractivity contribution in [2.45, 2.75) is 25.8 Å². The molecule has 1 aliphatic rings. The number of amides is 1. The molecule has 1 unspecified atom stereocenters. The van der Waals surface area contributed by atoms with Gasteiger partial charge in [-0.25, -0.2) is 4.39 Å². The van der Waals surface area contributed by atoms with Crippen molar-refractivity contribution in [1.29, 1.82) is 0 Å². The second kappa shape index (κ2) is 7.29. The minimum absolute atomic E-state index is 0.0791. The summed E-state index contributed by atoms with van der Waals surface area (Å²) in [5, 5.41) is 3.36. The Labute approximate surface area is 161 Å². The molecule has 26 heavy (non-hydrogen) atoms. The molecule has 1 atom stereocenters. The zero-order valence-electron chi connectivity index (χ0n) is 14.5. The Morgan fingerprint density at radius 3 is 2.88 bits per heavy atom. The molecule has 0 aliphatic carbocycles. The van der Waals surface area contributed by atoms with Gasteiger partial charge < -0.3 is 11.1 Å². The Bertz CT molecular complexity index is 902. The van der Waals surface area contributed by atoms with Crippen LogP contribution in [0.2, 0.25) is 5.02 Å². The molecule has 3 rings (SSSR count). The molecular weight excluding hydrogens is 373 g/mol. The quantitative estimate of drug-likeness (QED) is 0.796. The minimum Gasteiger partial charge on any atom is -0.379 e. The Kier molecular flexibility index (Phi) is 5.25. The van der Waals surface area contributed by atoms with Crippen LogP contribution < -0.4 is 11.1 Å². The summed E-state index contributed by atoms with van der Waals surface area (Å²) in [6.07, 6.45) is 0.841. The number of halogens is 2. The van der Waals surface area contributed by atoms with E-state index in [1.807, 2.05) is 25.1 Å². The smallest absolute Gasteiger partial charge is 0.260 e. The third kappa shape index (κ3) is 3.71. The molecule has 0 aromatic heterocycles. The number of anilines is 1. The minimum atomic E-state index is -0.611. The van der Waals surface area contributed by atoms with E-state index >= 15 is 0 Å². The Hall–Kier alpha value is -2.05. The van der Waals surface area contributed by atoms with Crippen molar-refractivity contribution in [3.05, 3.63) is 63.9 Å². The molecule has 0 saturated heterocycles. The summed E-state index contributed by atoms with van der Waals surface area (Å²) in [7, 11) is 0. The first-order valence-corrected chi connectivity index (χ1v) is 9.51. The van der Waals surface area contributed by atoms with Crippen LogP contribution in [0.1, 0.15) is 34.8 Å². The number of carbonyl (C=O) groups is 1. The summed E-state index contributed by atoms with van der Waals surface area (Å²) in [5.41, 5.74) is 7.14. The van der Waals surface area contributed by atoms with Gasteiger partial charge in [0.2, 0.25) is 0 Å². The first-order valence-electron chi connectivity index (χ1n) is 8.15. The van der Waals surface area contributed by atoms with Crippen LogP contribution in [0.4, 0.5) is 10.1 Å². The maximum Gasteiger partial charge on any atom is 0.260 e. The molecule has 7 heteroatoms. The van der Waals surface area contributed by atoms with Gasteiger partial charge in [-0.3, -0.25) is 9.79 Å². The maximum atomic E-state index is 14.3. The molecule has 0 saturated carbocycles. The summed E-state index contributed by atoms with van der Waals surface area (Å²) < 4.78 is 14.3. The highest BCUT2D eigenvalue weighted by Gasteiger charge is 2.29. The van der Waals surface area contributed by atoms with Gasteiger partial charge in [-0.05, 0) is 49.6 Å². The van der Waals surface area contributed by atoms with Gasteiger partial charge in [-0.1, -0.05) is 41.6 Å². The van der Waals surface area contributed by atoms with Crippen molar-refractivity contribution >= 4 is 40.1 Å². The lowest BCUT2D eigenvalue weighted by molar-refractivity contribution is 0.102. The molecule has 136 valence electrons. The van der Waals surface area contributed by atoms with Crippen LogP contribution in [-0.4, -0.2) is 16.8 Å². The second-order valence-corrected chi connectivity index (χ2v) is 7.93. The van der Waals surface area contributed by atoms with Crippen LogP contribution in [-0.2, 0) is 5.54 Å². The number of nitrogens with zero attached hydrogens (tertiary/aromatic N) is 1. The fraction of sp³-hybridized carbons (Fsp3) is 0.263. The van der Waals surface area contributed by atoms with Gasteiger partial charge in [0.05, 0.1) is 16.1 Å². The van der Waals surface area contributed by atoms with E-state index in [4.69, 9.17) is 17.3 Å². The Balaban J connectivity index is 1.89. The number of amidine groups is 1. The van der Waals surface area contributed by atoms with E-state index in [9.17, 15) is 9.18 Å². The standard InChI is InChI=1S/C19H19ClFN3OS/c1-11-6-7-14(20)15(16(11)21)17(25)23-13-5-3-4-12(10-13)19(2)8-9-26-18(22)24-19/h3-7,10H,8-9H2,1-2H3,(H2,22,24)(H,23,25). The predicted molar refractivity (Wildman–Crippen MR) is 107 cm³/mol. The number of hydrogen-bond donors (Lipinski definition) is 2. The second-order valence-electron chi connectivity index (χ2n) is 6.41. The van der Waals surface area contributed by atoms with Crippen LogP contribution in [0.25, 0.3) is 0 Å². The lowest BCUT2D eigenvalue weighted by atomic mass is 9.89. The largest absolute Gasteiger partial charge is 0.379 e. The summed E-state index contributed by atoms with van der Waals surface area (Å²) in [4.78, 5) is 17.1. The summed E-state index contributed by atoms with van der Waals surface area (Å²) in [6.45, 7) is 3.60. The molecule has 2 aromatic rings. The van der Waals surface area contributed by atoms with Crippen molar-refractivity contribution in [2.24, 2.45) is 10.7 Å². The molecule has 2 aromatic carbocycles. The zero-order valence-corrected chi connectivity index (χ0v) is 16.0. The molecule has 0 radical (unpaired) electrons. The van der Waals surface area contributed by atoms with Crippen LogP contribution in [0.3, 0.4) is 0 Å². The SMILES string of the molecule is Cc1ccc(Cl)c(C(=O)Nc2cccc(C3(C)CCSC(N)=N3)c2)c1F. The summed E-state index contributed by atoms with van der Waals surface area (Å²) in [6, 6.07) is 10.4. The van der Waals surface area contributed by atoms with Crippen LogP contribution in [0, 0.1) is 12.7 Å². The molecule has 1 heterocycles. The highest BCUT2D eigenvalue weighted by atomic mass is 35.5. The monoisotopic (exact) mass is 391 g/mol. The van der Waals surface area contributed by atoms with E-state index in [2.05, 4.69) is 10.3 Å². The molecule has 0 fully saturated rings. The number of hydrogen-bond acceptors (Lipinski definition) is 4. The van der Waals surface area contributed by atoms with Crippen LogP contribution >= 0.6 is 23.4 Å². The topological polar surface area (TPSA) is 67.5 Å². The van der Waals surface area contributed by atoms with E-state index in [0.717, 1.165) is 17.7 Å². The lowest BCUT2D eigenvalue weighted by Crippen LogP contribution is -2.28. The van der Waals surface area contributed by atoms with E-state index in [0.29, 0.717) is 16.4 Å². The third-order valence-corrected chi connectivity index (χ3v) is 5.56. The van der Waals surface area contributed by atoms with Gasteiger partial charge >= 0.3 is 0 Å². The summed E-state index contributed by atoms with van der Waals surface area (Å²) in [5.74, 6) is -0.312. The number of nitrogens with one attached hydrogen (secondary N) is 1. The van der Waals surface area contributed by atoms with E-state index < -0.39 is 17.3 Å². The number of nitrogens with two attached hydrogens (primary N) is 1. The maximum absolute atomic E-state index is 14.3. The average molecular weight is 392 g/mol. The molecule has 1 amide bonds. The molecular formula is C19H19ClFN3OS. The fourth-order valence-corrected chi connectivity index (χ4v) is 4.09. The van der Waals surface area contributed by atoms with E-state index in [1.54, 1.807) is 19.1 Å². The molecule has 0 bridgehead atoms. The highest BCUT2D eigenvalue weighted by molar-refractivity contribution is 8.13. The van der Waals surface area contributed by atoms with Gasteiger partial charge in [-0.15, -0.1) is 0 Å². The van der Waals surface area contributed by atoms with Crippen LogP contribution in [0.5, 0.6) is 0 Å². The predicted octanol–water partition coefficient (Wildman–Crippen LogP) is 4.71. The van der Waals surface area contributed by atoms with E-state index in [-0.39, 0.29) is 10.6 Å². The fourth-order valence-electron chi connectivity index (χ4n) is 2.88. The number of carbonyl (C=O) groups excluding carboxylic acids is 1. The van der Waals surface area contributed by atoms with Gasteiger partial charge in [-0.2, -0.15) is 0 Å². The highest BCUT2D eigenvalue weighted by Crippen LogP contribution is 2.36. The van der Waals surface area contributed by atoms with Gasteiger partial charge in [0.1, 0.15) is 5.82 Å². The third-order valence-electron chi connectivity index (χ3n) is 4.45. The lowest BCUT2D eigenvalue weighted by Gasteiger charge is -2.30. The number of rotatable bonds is 3. The average Bonchev–Trinajstić information content (AvgIpc) is 2.58. The van der Waals surface area contributed by atoms with Gasteiger partial charge in [0, 0.05) is 11.4 Å². The molecule has 0 spiro atoms. The van der Waals surface area contributed by atoms with Crippen molar-refractivity contribution in [3.63, 3.8) is 0 Å². The van der Waals surface area contributed by atoms with E-state index in [1.165, 1.54) is 17.8 Å². The molecule has 4 nitrogen and oxygen atoms in total. The van der Waals surface area contributed by atoms with Gasteiger partial charge in [0.15, 0.2) is 5.17 Å². The first-order chi connectivity index (χ1) is 12.3. The summed E-state index contributed by atoms with van der Waals surface area (Å²) >= 11 is 7.55. The first kappa shape index (κ1) is 18.7. The van der Waals surface area contributed by atoms with Crippen LogP contribution in [0.15, 0.2) is 41.4 Å². The Morgan fingerprint density at radius 1 is 1.38 bits per heavy atom. The van der Waals surface area contributed by atoms with Crippen molar-refractivity contribution in [1.82, 2.24) is 0 Å². The number of aliphatic imine (C=N–C) groups is 1. The molecule has 3 N–H and O–H groups in total. The normalized spacial score (nSPS) is 19.8. The number of benzene rings is 2. The zero-order chi connectivity index (χ0) is 18.9. The molecule has 1 aliphatic heterocycles. The number of aryl methyl sites for hydroxylation is 1. The Morgan fingerprint density at radius 2 is 2.15 bits per heavy atom. The van der Waals surface area contributed by atoms with Crippen molar-refractivity contribution in [2.75, 3.05) is 11.1 Å².